The number of aromatic hydroxyl groups is 2. The van der Waals surface area contributed by atoms with Crippen LogP contribution in [0.2, 0.25) is 0 Å². The molecular weight excluding hydrogens is 176 g/mol. The summed E-state index contributed by atoms with van der Waals surface area (Å²) in [6.45, 7) is 2.07. The fourth-order valence-corrected chi connectivity index (χ4v) is 1.70. The Kier molecular flexibility index (Phi) is 2.04. The number of phenolic OH excluding ortho intramolecular Hbond substituents is 2. The first-order valence-corrected chi connectivity index (χ1v) is 4.66. The van der Waals surface area contributed by atoms with E-state index in [1.165, 1.54) is 11.6 Å². The van der Waals surface area contributed by atoms with Gasteiger partial charge in [-0.05, 0) is 23.4 Å². The minimum absolute atomic E-state index is 0.0298. The lowest BCUT2D eigenvalue weighted by Gasteiger charge is -2.06. The first kappa shape index (κ1) is 8.88. The quantitative estimate of drug-likeness (QED) is 0.675. The number of benzene rings is 2. The van der Waals surface area contributed by atoms with Gasteiger partial charge in [0.05, 0.1) is 0 Å². The highest BCUT2D eigenvalue weighted by molar-refractivity contribution is 5.92. The van der Waals surface area contributed by atoms with E-state index in [0.717, 1.165) is 11.8 Å². The molecule has 0 radical (unpaired) electrons. The molecule has 0 atom stereocenters. The first-order valence-electron chi connectivity index (χ1n) is 4.66. The Morgan fingerprint density at radius 3 is 2.50 bits per heavy atom. The number of hydrogen-bond acceptors (Lipinski definition) is 2. The molecule has 2 nitrogen and oxygen atoms in total. The predicted molar refractivity (Wildman–Crippen MR) is 56.7 cm³/mol. The second kappa shape index (κ2) is 3.22. The molecule has 0 aliphatic rings. The van der Waals surface area contributed by atoms with Gasteiger partial charge in [0.25, 0.3) is 0 Å². The molecule has 0 aliphatic heterocycles. The molecule has 0 aromatic heterocycles. The standard InChI is InChI=1S/C12H12O2/c1-2-8-4-3-5-10-9(8)6-7-11(13)12(10)14/h3-7,13-14H,2H2,1H3. The third-order valence-electron chi connectivity index (χ3n) is 2.48. The van der Waals surface area contributed by atoms with Gasteiger partial charge in [0.2, 0.25) is 0 Å². The number of fused-ring (bicyclic) bond motifs is 1. The van der Waals surface area contributed by atoms with Gasteiger partial charge in [-0.25, -0.2) is 0 Å². The van der Waals surface area contributed by atoms with Gasteiger partial charge >= 0.3 is 0 Å². The summed E-state index contributed by atoms with van der Waals surface area (Å²) in [6.07, 6.45) is 0.918. The molecule has 0 fully saturated rings. The zero-order chi connectivity index (χ0) is 10.1. The first-order chi connectivity index (χ1) is 6.74. The third-order valence-corrected chi connectivity index (χ3v) is 2.48. The van der Waals surface area contributed by atoms with Gasteiger partial charge in [-0.2, -0.15) is 0 Å². The van der Waals surface area contributed by atoms with Gasteiger partial charge in [-0.15, -0.1) is 0 Å². The summed E-state index contributed by atoms with van der Waals surface area (Å²) in [6, 6.07) is 9.09. The molecule has 0 unspecified atom stereocenters. The largest absolute Gasteiger partial charge is 0.504 e. The fourth-order valence-electron chi connectivity index (χ4n) is 1.70. The highest BCUT2D eigenvalue weighted by Crippen LogP contribution is 2.34. The molecule has 2 aromatic rings. The Morgan fingerprint density at radius 2 is 1.79 bits per heavy atom. The lowest BCUT2D eigenvalue weighted by Crippen LogP contribution is -1.83. The van der Waals surface area contributed by atoms with Crippen molar-refractivity contribution in [1.82, 2.24) is 0 Å². The van der Waals surface area contributed by atoms with Crippen LogP contribution in [0.1, 0.15) is 12.5 Å². The van der Waals surface area contributed by atoms with Crippen molar-refractivity contribution in [3.05, 3.63) is 35.9 Å². The van der Waals surface area contributed by atoms with Crippen LogP contribution in [0.4, 0.5) is 0 Å². The van der Waals surface area contributed by atoms with Crippen LogP contribution in [0.25, 0.3) is 10.8 Å². The molecule has 72 valence electrons. The van der Waals surface area contributed by atoms with Crippen molar-refractivity contribution in [2.75, 3.05) is 0 Å². The van der Waals surface area contributed by atoms with Gasteiger partial charge in [-0.3, -0.25) is 0 Å². The molecule has 0 heterocycles. The van der Waals surface area contributed by atoms with E-state index in [1.807, 2.05) is 24.3 Å². The maximum Gasteiger partial charge on any atom is 0.165 e. The van der Waals surface area contributed by atoms with Crippen molar-refractivity contribution in [2.24, 2.45) is 0 Å². The Balaban J connectivity index is 2.86. The van der Waals surface area contributed by atoms with Crippen molar-refractivity contribution in [1.29, 1.82) is 0 Å². The van der Waals surface area contributed by atoms with Gasteiger partial charge in [0.15, 0.2) is 11.5 Å². The summed E-state index contributed by atoms with van der Waals surface area (Å²) in [5.41, 5.74) is 1.18. The van der Waals surface area contributed by atoms with Crippen molar-refractivity contribution < 1.29 is 10.2 Å². The molecule has 2 rings (SSSR count). The maximum absolute atomic E-state index is 9.63. The Hall–Kier alpha value is -1.70. The summed E-state index contributed by atoms with van der Waals surface area (Å²) >= 11 is 0. The van der Waals surface area contributed by atoms with Crippen LogP contribution in [0, 0.1) is 0 Å². The van der Waals surface area contributed by atoms with Crippen LogP contribution >= 0.6 is 0 Å². The molecule has 14 heavy (non-hydrogen) atoms. The minimum Gasteiger partial charge on any atom is -0.504 e. The number of aryl methyl sites for hydroxylation is 1. The topological polar surface area (TPSA) is 40.5 Å². The maximum atomic E-state index is 9.63. The Labute approximate surface area is 82.4 Å². The van der Waals surface area contributed by atoms with Crippen LogP contribution in [0.5, 0.6) is 11.5 Å². The van der Waals surface area contributed by atoms with E-state index < -0.39 is 0 Å². The van der Waals surface area contributed by atoms with Crippen molar-refractivity contribution in [3.8, 4) is 11.5 Å². The highest BCUT2D eigenvalue weighted by atomic mass is 16.3. The zero-order valence-electron chi connectivity index (χ0n) is 7.99. The summed E-state index contributed by atoms with van der Waals surface area (Å²) in [5.74, 6) is -0.0939. The number of rotatable bonds is 1. The average Bonchev–Trinajstić information content (AvgIpc) is 2.23. The zero-order valence-corrected chi connectivity index (χ0v) is 7.99. The lowest BCUT2D eigenvalue weighted by molar-refractivity contribution is 0.408. The van der Waals surface area contributed by atoms with Crippen LogP contribution in [0.15, 0.2) is 30.3 Å². The molecule has 0 spiro atoms. The number of phenols is 2. The molecule has 0 saturated heterocycles. The van der Waals surface area contributed by atoms with E-state index in [2.05, 4.69) is 6.92 Å². The molecule has 2 N–H and O–H groups in total. The molecule has 2 aromatic carbocycles. The van der Waals surface area contributed by atoms with Crippen LogP contribution in [0.3, 0.4) is 0 Å². The van der Waals surface area contributed by atoms with Gasteiger partial charge in [0, 0.05) is 5.39 Å². The molecule has 2 heteroatoms. The summed E-state index contributed by atoms with van der Waals surface area (Å²) < 4.78 is 0. The second-order valence-corrected chi connectivity index (χ2v) is 3.30. The Morgan fingerprint density at radius 1 is 1.00 bits per heavy atom. The van der Waals surface area contributed by atoms with Gasteiger partial charge < -0.3 is 10.2 Å². The van der Waals surface area contributed by atoms with Gasteiger partial charge in [-0.1, -0.05) is 31.2 Å². The van der Waals surface area contributed by atoms with Crippen molar-refractivity contribution >= 4 is 10.8 Å². The molecule has 0 bridgehead atoms. The van der Waals surface area contributed by atoms with Crippen LogP contribution in [-0.4, -0.2) is 10.2 Å². The highest BCUT2D eigenvalue weighted by Gasteiger charge is 2.06. The average molecular weight is 188 g/mol. The SMILES string of the molecule is CCc1cccc2c(O)c(O)ccc12. The molecule has 0 amide bonds. The van der Waals surface area contributed by atoms with Crippen LogP contribution in [-0.2, 0) is 6.42 Å². The number of hydrogen-bond donors (Lipinski definition) is 2. The monoisotopic (exact) mass is 188 g/mol. The smallest absolute Gasteiger partial charge is 0.165 e. The molecule has 0 aliphatic carbocycles. The van der Waals surface area contributed by atoms with Crippen molar-refractivity contribution in [2.45, 2.75) is 13.3 Å². The minimum atomic E-state index is -0.0641. The van der Waals surface area contributed by atoms with E-state index >= 15 is 0 Å². The summed E-state index contributed by atoms with van der Waals surface area (Å²) in [5, 5.41) is 20.7. The summed E-state index contributed by atoms with van der Waals surface area (Å²) in [7, 11) is 0. The van der Waals surface area contributed by atoms with Gasteiger partial charge in [0.1, 0.15) is 0 Å². The van der Waals surface area contributed by atoms with E-state index in [9.17, 15) is 10.2 Å². The van der Waals surface area contributed by atoms with Crippen molar-refractivity contribution in [3.63, 3.8) is 0 Å². The Bertz CT molecular complexity index is 475. The fraction of sp³-hybridized carbons (Fsp3) is 0.167. The van der Waals surface area contributed by atoms with E-state index in [0.29, 0.717) is 5.39 Å². The van der Waals surface area contributed by atoms with Crippen LogP contribution < -0.4 is 0 Å². The lowest BCUT2D eigenvalue weighted by atomic mass is 10.0. The van der Waals surface area contributed by atoms with E-state index in [-0.39, 0.29) is 11.5 Å². The van der Waals surface area contributed by atoms with E-state index in [4.69, 9.17) is 0 Å². The normalized spacial score (nSPS) is 10.6. The third kappa shape index (κ3) is 1.20. The second-order valence-electron chi connectivity index (χ2n) is 3.30. The predicted octanol–water partition coefficient (Wildman–Crippen LogP) is 2.81. The molecular formula is C12H12O2. The summed E-state index contributed by atoms with van der Waals surface area (Å²) in [4.78, 5) is 0. The van der Waals surface area contributed by atoms with E-state index in [1.54, 1.807) is 0 Å². The molecule has 0 saturated carbocycles.